The van der Waals surface area contributed by atoms with Crippen LogP contribution in [0.3, 0.4) is 0 Å². The Morgan fingerprint density at radius 1 is 0.883 bits per heavy atom. The summed E-state index contributed by atoms with van der Waals surface area (Å²) in [6.07, 6.45) is 9.43. The van der Waals surface area contributed by atoms with Crippen LogP contribution >= 0.6 is 11.6 Å². The highest BCUT2D eigenvalue weighted by Gasteiger charge is 2.49. The number of rotatable bonds is 6. The van der Waals surface area contributed by atoms with Gasteiger partial charge in [0.05, 0.1) is 46.3 Å². The first kappa shape index (κ1) is 38.3. The van der Waals surface area contributed by atoms with Crippen molar-refractivity contribution in [3.05, 3.63) is 97.5 Å². The van der Waals surface area contributed by atoms with Gasteiger partial charge in [0, 0.05) is 41.6 Å². The van der Waals surface area contributed by atoms with Crippen LogP contribution in [0, 0.1) is 0 Å². The normalized spacial score (nSPS) is 24.1. The summed E-state index contributed by atoms with van der Waals surface area (Å²) >= 11 is 6.57. The third-order valence-corrected chi connectivity index (χ3v) is 15.6. The van der Waals surface area contributed by atoms with Crippen LogP contribution in [0.4, 0.5) is 0 Å². The van der Waals surface area contributed by atoms with Gasteiger partial charge in [0.15, 0.2) is 0 Å². The Labute approximate surface area is 353 Å². The monoisotopic (exact) mass is 830 g/mol. The molecule has 3 amide bonds. The van der Waals surface area contributed by atoms with E-state index in [4.69, 9.17) is 21.3 Å². The Morgan fingerprint density at radius 2 is 1.65 bits per heavy atom. The fourth-order valence-electron chi connectivity index (χ4n) is 12.1. The average molecular weight is 831 g/mol. The lowest BCUT2D eigenvalue weighted by Gasteiger charge is -2.40. The quantitative estimate of drug-likeness (QED) is 0.247. The molecule has 2 spiro atoms. The third kappa shape index (κ3) is 5.99. The first-order chi connectivity index (χ1) is 29.1. The number of piperidine rings is 3. The van der Waals surface area contributed by atoms with Crippen molar-refractivity contribution < 1.29 is 24.2 Å². The predicted octanol–water partition coefficient (Wildman–Crippen LogP) is 5.33. The van der Waals surface area contributed by atoms with Crippen molar-refractivity contribution in [2.24, 2.45) is 0 Å². The second-order valence-electron chi connectivity index (χ2n) is 18.6. The van der Waals surface area contributed by atoms with E-state index in [1.807, 2.05) is 18.2 Å². The molecule has 6 aliphatic heterocycles. The molecular weight excluding hydrogens is 780 g/mol. The van der Waals surface area contributed by atoms with Gasteiger partial charge in [-0.05, 0) is 112 Å². The lowest BCUT2D eigenvalue weighted by molar-refractivity contribution is -0.136. The summed E-state index contributed by atoms with van der Waals surface area (Å²) in [6, 6.07) is 16.0. The van der Waals surface area contributed by atoms with Gasteiger partial charge in [-0.15, -0.1) is 0 Å². The van der Waals surface area contributed by atoms with Crippen LogP contribution in [0.15, 0.2) is 53.3 Å². The topological polar surface area (TPSA) is 137 Å². The standard InChI is InChI=1S/C47H51ClN6O6/c48-35-5-4-6-37-40(35)43(58)50-45-47(15-2-1-3-16-47)34-23-29(7-10-36(34)54(37)45)28-13-19-51(20-14-28)24-30(55)25-52-21-17-46(18-22-52)27-60-41-32-26-53(38-11-12-39(56)49-42(38)57)44(59)31(32)8-9-33(41)46/h4-10,23,28,30,38,55H,1-3,11-22,24-27H2,(H,49,56,57)/t30?,38-/m0/s1. The minimum Gasteiger partial charge on any atom is -0.492 e. The van der Waals surface area contributed by atoms with Gasteiger partial charge in [0.2, 0.25) is 11.8 Å². The number of hydrogen-bond donors (Lipinski definition) is 2. The van der Waals surface area contributed by atoms with E-state index in [0.29, 0.717) is 54.6 Å². The summed E-state index contributed by atoms with van der Waals surface area (Å²) in [5, 5.41) is 14.7. The number of amides is 3. The zero-order chi connectivity index (χ0) is 40.9. The van der Waals surface area contributed by atoms with Crippen LogP contribution in [0.25, 0.3) is 16.6 Å². The molecule has 0 bridgehead atoms. The van der Waals surface area contributed by atoms with E-state index < -0.39 is 18.1 Å². The number of nitrogens with one attached hydrogen (secondary N) is 1. The van der Waals surface area contributed by atoms with Crippen LogP contribution in [-0.4, -0.2) is 105 Å². The molecule has 7 aliphatic rings. The molecule has 1 aromatic heterocycles. The summed E-state index contributed by atoms with van der Waals surface area (Å²) in [5.74, 6) is 1.22. The molecule has 4 fully saturated rings. The molecule has 1 aliphatic carbocycles. The van der Waals surface area contributed by atoms with Gasteiger partial charge in [0.25, 0.3) is 11.5 Å². The van der Waals surface area contributed by atoms with E-state index >= 15 is 0 Å². The molecule has 13 heteroatoms. The molecule has 60 heavy (non-hydrogen) atoms. The number of hydrogen-bond acceptors (Lipinski definition) is 9. The lowest BCUT2D eigenvalue weighted by atomic mass is 9.69. The highest BCUT2D eigenvalue weighted by Crippen LogP contribution is 2.53. The number of halogens is 1. The molecule has 4 aromatic rings. The second kappa shape index (κ2) is 14.5. The highest BCUT2D eigenvalue weighted by molar-refractivity contribution is 6.35. The maximum Gasteiger partial charge on any atom is 0.282 e. The Bertz CT molecular complexity index is 2520. The van der Waals surface area contributed by atoms with Crippen molar-refractivity contribution in [2.45, 2.75) is 106 Å². The Hall–Kier alpha value is -4.62. The van der Waals surface area contributed by atoms with Gasteiger partial charge in [-0.25, -0.2) is 0 Å². The molecule has 11 rings (SSSR count). The number of aromatic nitrogens is 2. The summed E-state index contributed by atoms with van der Waals surface area (Å²) in [4.78, 5) is 62.3. The van der Waals surface area contributed by atoms with Crippen LogP contribution in [-0.2, 0) is 27.0 Å². The Morgan fingerprint density at radius 3 is 2.42 bits per heavy atom. The molecule has 0 radical (unpaired) electrons. The minimum atomic E-state index is -0.650. The predicted molar refractivity (Wildman–Crippen MR) is 226 cm³/mol. The van der Waals surface area contributed by atoms with Gasteiger partial charge >= 0.3 is 0 Å². The van der Waals surface area contributed by atoms with Gasteiger partial charge in [-0.3, -0.25) is 29.1 Å². The van der Waals surface area contributed by atoms with Crippen LogP contribution in [0.2, 0.25) is 5.02 Å². The first-order valence-corrected chi connectivity index (χ1v) is 22.4. The summed E-state index contributed by atoms with van der Waals surface area (Å²) < 4.78 is 8.60. The number of nitrogens with zero attached hydrogens (tertiary/aromatic N) is 5. The molecule has 2 N–H and O–H groups in total. The number of fused-ring (bicyclic) bond motifs is 11. The number of likely N-dealkylation sites (tertiary alicyclic amines) is 2. The smallest absolute Gasteiger partial charge is 0.282 e. The first-order valence-electron chi connectivity index (χ1n) is 22.1. The van der Waals surface area contributed by atoms with E-state index in [2.05, 4.69) is 43.9 Å². The van der Waals surface area contributed by atoms with Gasteiger partial charge in [-0.2, -0.15) is 4.98 Å². The maximum atomic E-state index is 13.4. The SMILES string of the molecule is O=C1CC[C@H](N2Cc3c(ccc4c3OCC43CCN(CC(O)CN4CCC(c5ccc6c(c5)C5(CCCCC5)c5nc(=O)c7c(Cl)cccc7n5-6)CC4)CC3)C2=O)C(=O)N1. The van der Waals surface area contributed by atoms with E-state index in [1.54, 1.807) is 11.0 Å². The molecule has 3 aromatic carbocycles. The van der Waals surface area contributed by atoms with E-state index in [-0.39, 0.29) is 34.6 Å². The second-order valence-corrected chi connectivity index (χ2v) is 19.0. The van der Waals surface area contributed by atoms with Crippen molar-refractivity contribution >= 4 is 40.2 Å². The van der Waals surface area contributed by atoms with E-state index in [9.17, 15) is 24.3 Å². The zero-order valence-electron chi connectivity index (χ0n) is 33.9. The van der Waals surface area contributed by atoms with Crippen LogP contribution in [0.5, 0.6) is 5.75 Å². The van der Waals surface area contributed by atoms with Crippen molar-refractivity contribution in [2.75, 3.05) is 45.9 Å². The summed E-state index contributed by atoms with van der Waals surface area (Å²) in [7, 11) is 0. The lowest BCUT2D eigenvalue weighted by Crippen LogP contribution is -2.52. The number of aliphatic hydroxyl groups excluding tert-OH is 1. The molecule has 312 valence electrons. The molecular formula is C47H51ClN6O6. The van der Waals surface area contributed by atoms with Crippen molar-refractivity contribution in [1.82, 2.24) is 29.6 Å². The van der Waals surface area contributed by atoms with Gasteiger partial charge < -0.3 is 24.5 Å². The molecule has 1 saturated carbocycles. The highest BCUT2D eigenvalue weighted by atomic mass is 35.5. The number of benzene rings is 3. The van der Waals surface area contributed by atoms with Crippen molar-refractivity contribution in [1.29, 1.82) is 0 Å². The Kier molecular flexibility index (Phi) is 9.26. The van der Waals surface area contributed by atoms with Crippen molar-refractivity contribution in [3.63, 3.8) is 0 Å². The number of aliphatic hydroxyl groups is 1. The molecule has 12 nitrogen and oxygen atoms in total. The Balaban J connectivity index is 0.717. The number of β-amino-alcohol motifs (C(OH)–C–C–N with tert-alkyl or cyclic N) is 1. The largest absolute Gasteiger partial charge is 0.492 e. The molecule has 2 atom stereocenters. The minimum absolute atomic E-state index is 0.133. The van der Waals surface area contributed by atoms with E-state index in [0.717, 1.165) is 111 Å². The fraction of sp³-hybridized carbons (Fsp3) is 0.511. The number of carbonyl (C=O) groups is 3. The van der Waals surface area contributed by atoms with Gasteiger partial charge in [-0.1, -0.05) is 55.1 Å². The molecule has 3 saturated heterocycles. The number of ether oxygens (including phenoxy) is 1. The fourth-order valence-corrected chi connectivity index (χ4v) is 12.4. The average Bonchev–Trinajstić information content (AvgIpc) is 3.87. The molecule has 1 unspecified atom stereocenters. The van der Waals surface area contributed by atoms with Gasteiger partial charge in [0.1, 0.15) is 17.6 Å². The number of imide groups is 1. The van der Waals surface area contributed by atoms with Crippen LogP contribution in [0.1, 0.15) is 115 Å². The molecule has 7 heterocycles. The van der Waals surface area contributed by atoms with E-state index in [1.165, 1.54) is 17.5 Å². The number of carbonyl (C=O) groups excluding carboxylic acids is 3. The maximum absolute atomic E-state index is 13.4. The summed E-state index contributed by atoms with van der Waals surface area (Å²) in [5.41, 5.74) is 6.59. The van der Waals surface area contributed by atoms with Crippen LogP contribution < -0.4 is 15.6 Å². The zero-order valence-corrected chi connectivity index (χ0v) is 34.6. The van der Waals surface area contributed by atoms with Crippen molar-refractivity contribution in [3.8, 4) is 11.4 Å². The summed E-state index contributed by atoms with van der Waals surface area (Å²) in [6.45, 7) is 5.76. The third-order valence-electron chi connectivity index (χ3n) is 15.3.